The van der Waals surface area contributed by atoms with Gasteiger partial charge in [0.15, 0.2) is 0 Å². The smallest absolute Gasteiger partial charge is 0.254 e. The number of nitrogens with zero attached hydrogens (tertiary/aromatic N) is 2. The summed E-state index contributed by atoms with van der Waals surface area (Å²) in [5, 5.41) is 12.3. The number of benzene rings is 2. The van der Waals surface area contributed by atoms with E-state index in [-0.39, 0.29) is 17.9 Å². The summed E-state index contributed by atoms with van der Waals surface area (Å²) in [4.78, 5) is 28.7. The number of carbonyl (C=O) groups excluding carboxylic acids is 2. The Morgan fingerprint density at radius 2 is 1.74 bits per heavy atom. The van der Waals surface area contributed by atoms with E-state index in [0.29, 0.717) is 17.7 Å². The maximum Gasteiger partial charge on any atom is 0.254 e. The Labute approximate surface area is 185 Å². The fraction of sp³-hybridized carbons (Fsp3) is 0.423. The summed E-state index contributed by atoms with van der Waals surface area (Å²) in [6.45, 7) is 2.57. The van der Waals surface area contributed by atoms with Crippen LogP contribution in [0.1, 0.15) is 79.4 Å². The molecule has 5 heteroatoms. The van der Waals surface area contributed by atoms with E-state index in [1.54, 1.807) is 29.2 Å². The highest BCUT2D eigenvalue weighted by molar-refractivity contribution is 5.98. The molecule has 0 spiro atoms. The van der Waals surface area contributed by atoms with Gasteiger partial charge in [-0.1, -0.05) is 62.9 Å². The summed E-state index contributed by atoms with van der Waals surface area (Å²) in [7, 11) is 0. The zero-order valence-electron chi connectivity index (χ0n) is 18.2. The fourth-order valence-electron chi connectivity index (χ4n) is 4.16. The minimum atomic E-state index is -0.683. The average molecular weight is 418 g/mol. The Morgan fingerprint density at radius 1 is 1.06 bits per heavy atom. The molecule has 3 rings (SSSR count). The van der Waals surface area contributed by atoms with Gasteiger partial charge in [0.05, 0.1) is 11.6 Å². The third-order valence-electron chi connectivity index (χ3n) is 5.90. The lowest BCUT2D eigenvalue weighted by Crippen LogP contribution is -2.47. The van der Waals surface area contributed by atoms with Crippen LogP contribution in [0, 0.1) is 11.3 Å². The second kappa shape index (κ2) is 11.3. The molecule has 5 nitrogen and oxygen atoms in total. The number of hydrogen-bond acceptors (Lipinski definition) is 3. The number of carbonyl (C=O) groups is 2. The molecule has 1 aliphatic rings. The lowest BCUT2D eigenvalue weighted by molar-refractivity contribution is -0.126. The van der Waals surface area contributed by atoms with Crippen LogP contribution >= 0.6 is 0 Å². The molecule has 1 saturated carbocycles. The van der Waals surface area contributed by atoms with Gasteiger partial charge in [-0.3, -0.25) is 9.59 Å². The second-order valence-corrected chi connectivity index (χ2v) is 8.20. The normalized spacial score (nSPS) is 15.0. The van der Waals surface area contributed by atoms with Crippen molar-refractivity contribution in [1.29, 1.82) is 5.26 Å². The lowest BCUT2D eigenvalue weighted by Gasteiger charge is -2.33. The minimum absolute atomic E-state index is 0.115. The molecule has 0 heterocycles. The molecule has 0 bridgehead atoms. The molecule has 1 fully saturated rings. The summed E-state index contributed by atoms with van der Waals surface area (Å²) < 4.78 is 0. The largest absolute Gasteiger partial charge is 0.351 e. The predicted molar refractivity (Wildman–Crippen MR) is 121 cm³/mol. The van der Waals surface area contributed by atoms with Crippen molar-refractivity contribution in [2.24, 2.45) is 0 Å². The van der Waals surface area contributed by atoms with Crippen molar-refractivity contribution >= 4 is 11.8 Å². The van der Waals surface area contributed by atoms with Crippen LogP contribution in [0.15, 0.2) is 54.6 Å². The van der Waals surface area contributed by atoms with Crippen LogP contribution < -0.4 is 5.32 Å². The predicted octanol–water partition coefficient (Wildman–Crippen LogP) is 4.99. The zero-order valence-corrected chi connectivity index (χ0v) is 18.2. The van der Waals surface area contributed by atoms with Gasteiger partial charge in [0.2, 0.25) is 5.91 Å². The molecule has 2 aromatic carbocycles. The topological polar surface area (TPSA) is 73.2 Å². The first-order valence-electron chi connectivity index (χ1n) is 11.3. The third-order valence-corrected chi connectivity index (χ3v) is 5.90. The van der Waals surface area contributed by atoms with Crippen molar-refractivity contribution in [3.8, 4) is 6.07 Å². The Balaban J connectivity index is 1.93. The first-order chi connectivity index (χ1) is 15.1. The van der Waals surface area contributed by atoms with Crippen LogP contribution in [-0.2, 0) is 4.79 Å². The molecule has 0 saturated heterocycles. The highest BCUT2D eigenvalue weighted by Crippen LogP contribution is 2.26. The Morgan fingerprint density at radius 3 is 2.35 bits per heavy atom. The second-order valence-electron chi connectivity index (χ2n) is 8.20. The Kier molecular flexibility index (Phi) is 8.23. The molecule has 2 aromatic rings. The number of nitriles is 1. The molecule has 2 amide bonds. The third kappa shape index (κ3) is 5.95. The molecule has 1 unspecified atom stereocenters. The average Bonchev–Trinajstić information content (AvgIpc) is 2.82. The van der Waals surface area contributed by atoms with E-state index in [1.165, 1.54) is 6.42 Å². The Hall–Kier alpha value is -3.13. The van der Waals surface area contributed by atoms with Gasteiger partial charge in [-0.15, -0.1) is 0 Å². The zero-order chi connectivity index (χ0) is 22.1. The van der Waals surface area contributed by atoms with Crippen LogP contribution in [0.3, 0.4) is 0 Å². The molecule has 162 valence electrons. The highest BCUT2D eigenvalue weighted by atomic mass is 16.2. The molecular weight excluding hydrogens is 386 g/mol. The Bertz CT molecular complexity index is 896. The van der Waals surface area contributed by atoms with Gasteiger partial charge in [-0.2, -0.15) is 5.26 Å². The molecule has 0 aromatic heterocycles. The van der Waals surface area contributed by atoms with Crippen LogP contribution in [0.25, 0.3) is 0 Å². The quantitative estimate of drug-likeness (QED) is 0.657. The van der Waals surface area contributed by atoms with E-state index in [2.05, 4.69) is 18.3 Å². The van der Waals surface area contributed by atoms with Crippen molar-refractivity contribution in [2.45, 2.75) is 64.0 Å². The van der Waals surface area contributed by atoms with Gasteiger partial charge < -0.3 is 10.2 Å². The van der Waals surface area contributed by atoms with Crippen LogP contribution in [0.2, 0.25) is 0 Å². The minimum Gasteiger partial charge on any atom is -0.351 e. The van der Waals surface area contributed by atoms with Crippen molar-refractivity contribution in [3.05, 3.63) is 71.3 Å². The molecule has 1 N–H and O–H groups in total. The fourth-order valence-corrected chi connectivity index (χ4v) is 4.16. The molecule has 1 atom stereocenters. The van der Waals surface area contributed by atoms with E-state index < -0.39 is 6.04 Å². The number of hydrogen-bond donors (Lipinski definition) is 1. The number of amides is 2. The molecular formula is C26H31N3O2. The van der Waals surface area contributed by atoms with Crippen molar-refractivity contribution in [1.82, 2.24) is 10.2 Å². The van der Waals surface area contributed by atoms with Crippen LogP contribution in [0.5, 0.6) is 0 Å². The van der Waals surface area contributed by atoms with E-state index in [0.717, 1.165) is 44.1 Å². The van der Waals surface area contributed by atoms with Crippen molar-refractivity contribution in [2.75, 3.05) is 6.54 Å². The first-order valence-corrected chi connectivity index (χ1v) is 11.3. The van der Waals surface area contributed by atoms with Crippen LogP contribution in [0.4, 0.5) is 0 Å². The summed E-state index contributed by atoms with van der Waals surface area (Å²) in [5.41, 5.74) is 1.81. The van der Waals surface area contributed by atoms with Gasteiger partial charge in [0, 0.05) is 18.2 Å². The molecule has 0 radical (unpaired) electrons. The van der Waals surface area contributed by atoms with E-state index in [9.17, 15) is 9.59 Å². The monoisotopic (exact) mass is 417 g/mol. The van der Waals surface area contributed by atoms with Gasteiger partial charge >= 0.3 is 0 Å². The lowest BCUT2D eigenvalue weighted by atomic mass is 9.94. The molecule has 0 aliphatic heterocycles. The number of nitrogens with one attached hydrogen (secondary N) is 1. The van der Waals surface area contributed by atoms with Crippen molar-refractivity contribution < 1.29 is 9.59 Å². The summed E-state index contributed by atoms with van der Waals surface area (Å²) >= 11 is 0. The molecule has 31 heavy (non-hydrogen) atoms. The standard InChI is InChI=1S/C26H31N3O2/c1-2-3-18-29(26(31)22-16-14-20(19-27)15-17-22)24(21-10-6-4-7-11-21)25(30)28-23-12-8-5-9-13-23/h4,6-7,10-11,14-17,23-24H,2-3,5,8-9,12-13,18H2,1H3,(H,28,30). The van der Waals surface area contributed by atoms with E-state index in [1.807, 2.05) is 30.3 Å². The summed E-state index contributed by atoms with van der Waals surface area (Å²) in [6.07, 6.45) is 7.19. The van der Waals surface area contributed by atoms with E-state index >= 15 is 0 Å². The van der Waals surface area contributed by atoms with E-state index in [4.69, 9.17) is 5.26 Å². The first kappa shape index (κ1) is 22.6. The van der Waals surface area contributed by atoms with Crippen LogP contribution in [-0.4, -0.2) is 29.3 Å². The van der Waals surface area contributed by atoms with Gasteiger partial charge in [0.25, 0.3) is 5.91 Å². The maximum absolute atomic E-state index is 13.5. The van der Waals surface area contributed by atoms with Crippen molar-refractivity contribution in [3.63, 3.8) is 0 Å². The number of rotatable bonds is 8. The van der Waals surface area contributed by atoms with Gasteiger partial charge in [0.1, 0.15) is 6.04 Å². The summed E-state index contributed by atoms with van der Waals surface area (Å²) in [6, 6.07) is 17.7. The maximum atomic E-state index is 13.5. The summed E-state index contributed by atoms with van der Waals surface area (Å²) in [5.74, 6) is -0.304. The molecule has 1 aliphatic carbocycles. The SMILES string of the molecule is CCCCN(C(=O)c1ccc(C#N)cc1)C(C(=O)NC1CCCCC1)c1ccccc1. The number of unbranched alkanes of at least 4 members (excludes halogenated alkanes) is 1. The van der Waals surface area contributed by atoms with Gasteiger partial charge in [-0.05, 0) is 49.1 Å². The highest BCUT2D eigenvalue weighted by Gasteiger charge is 2.33. The van der Waals surface area contributed by atoms with Gasteiger partial charge in [-0.25, -0.2) is 0 Å².